The van der Waals surface area contributed by atoms with E-state index in [9.17, 15) is 9.59 Å². The zero-order chi connectivity index (χ0) is 23.8. The lowest BCUT2D eigenvalue weighted by Gasteiger charge is -2.27. The zero-order valence-corrected chi connectivity index (χ0v) is 20.6. The average molecular weight is 502 g/mol. The Morgan fingerprint density at radius 3 is 2.42 bits per heavy atom. The van der Waals surface area contributed by atoms with Crippen LogP contribution in [0.15, 0.2) is 73.3 Å². The van der Waals surface area contributed by atoms with Crippen molar-refractivity contribution in [2.45, 2.75) is 20.0 Å². The molecule has 3 aromatic rings. The predicted octanol–water partition coefficient (Wildman–Crippen LogP) is 6.61. The van der Waals surface area contributed by atoms with Gasteiger partial charge in [-0.05, 0) is 42.8 Å². The summed E-state index contributed by atoms with van der Waals surface area (Å²) in [6.45, 7) is 6.79. The van der Waals surface area contributed by atoms with Crippen LogP contribution in [-0.4, -0.2) is 34.8 Å². The maximum absolute atomic E-state index is 13.3. The molecule has 3 amide bonds. The van der Waals surface area contributed by atoms with Gasteiger partial charge in [0.1, 0.15) is 6.54 Å². The van der Waals surface area contributed by atoms with Crippen molar-refractivity contribution >= 4 is 52.2 Å². The maximum Gasteiger partial charge on any atom is 0.322 e. The topological polar surface area (TPSA) is 52.7 Å². The highest BCUT2D eigenvalue weighted by Crippen LogP contribution is 2.25. The molecule has 33 heavy (non-hydrogen) atoms. The second kappa shape index (κ2) is 11.9. The molecule has 0 bridgehead atoms. The molecule has 0 fully saturated rings. The van der Waals surface area contributed by atoms with E-state index in [-0.39, 0.29) is 19.0 Å². The van der Waals surface area contributed by atoms with E-state index >= 15 is 0 Å². The number of anilines is 1. The van der Waals surface area contributed by atoms with Gasteiger partial charge in [-0.15, -0.1) is 17.9 Å². The molecular weight excluding hydrogens is 477 g/mol. The van der Waals surface area contributed by atoms with E-state index in [1.807, 2.05) is 49.4 Å². The van der Waals surface area contributed by atoms with Crippen LogP contribution in [0, 0.1) is 6.92 Å². The van der Waals surface area contributed by atoms with Gasteiger partial charge in [-0.3, -0.25) is 4.79 Å². The number of benzene rings is 2. The molecule has 0 spiro atoms. The SMILES string of the molecule is C=CCN(CC(=O)N(Cc1ccccc1)Cc1ccc(C)s1)C(=O)Nc1ccc(Cl)cc1Cl. The van der Waals surface area contributed by atoms with Gasteiger partial charge in [0, 0.05) is 27.9 Å². The smallest absolute Gasteiger partial charge is 0.322 e. The Morgan fingerprint density at radius 1 is 1.03 bits per heavy atom. The third kappa shape index (κ3) is 7.35. The van der Waals surface area contributed by atoms with Crippen molar-refractivity contribution in [1.29, 1.82) is 0 Å². The van der Waals surface area contributed by atoms with E-state index in [1.165, 1.54) is 9.78 Å². The Bertz CT molecular complexity index is 1120. The minimum atomic E-state index is -0.445. The second-order valence-electron chi connectivity index (χ2n) is 7.47. The molecule has 3 rings (SSSR count). The number of amides is 3. The number of rotatable bonds is 9. The highest BCUT2D eigenvalue weighted by Gasteiger charge is 2.22. The van der Waals surface area contributed by atoms with Crippen LogP contribution < -0.4 is 5.32 Å². The molecule has 0 saturated carbocycles. The van der Waals surface area contributed by atoms with Crippen LogP contribution in [0.3, 0.4) is 0 Å². The van der Waals surface area contributed by atoms with Gasteiger partial charge in [0.05, 0.1) is 17.3 Å². The highest BCUT2D eigenvalue weighted by atomic mass is 35.5. The lowest BCUT2D eigenvalue weighted by atomic mass is 10.2. The first-order valence-electron chi connectivity index (χ1n) is 10.3. The zero-order valence-electron chi connectivity index (χ0n) is 18.3. The quantitative estimate of drug-likeness (QED) is 0.335. The summed E-state index contributed by atoms with van der Waals surface area (Å²) in [5, 5.41) is 3.54. The first-order chi connectivity index (χ1) is 15.9. The normalized spacial score (nSPS) is 10.5. The van der Waals surface area contributed by atoms with Crippen LogP contribution in [0.4, 0.5) is 10.5 Å². The molecule has 2 aromatic carbocycles. The summed E-state index contributed by atoms with van der Waals surface area (Å²) in [5.41, 5.74) is 1.44. The Morgan fingerprint density at radius 2 is 1.79 bits per heavy atom. The van der Waals surface area contributed by atoms with E-state index in [1.54, 1.807) is 40.5 Å². The third-order valence-corrected chi connectivity index (χ3v) is 6.38. The maximum atomic E-state index is 13.3. The van der Waals surface area contributed by atoms with Gasteiger partial charge in [-0.1, -0.05) is 59.6 Å². The number of carbonyl (C=O) groups is 2. The Balaban J connectivity index is 1.75. The number of nitrogens with one attached hydrogen (secondary N) is 1. The fourth-order valence-corrected chi connectivity index (χ4v) is 4.58. The summed E-state index contributed by atoms with van der Waals surface area (Å²) in [5.74, 6) is -0.163. The molecule has 8 heteroatoms. The minimum absolute atomic E-state index is 0.0970. The average Bonchev–Trinajstić information content (AvgIpc) is 3.20. The number of urea groups is 1. The van der Waals surface area contributed by atoms with Crippen molar-refractivity contribution in [2.75, 3.05) is 18.4 Å². The molecule has 1 aromatic heterocycles. The van der Waals surface area contributed by atoms with Crippen LogP contribution in [0.1, 0.15) is 15.3 Å². The second-order valence-corrected chi connectivity index (χ2v) is 9.69. The first kappa shape index (κ1) is 24.8. The Labute approximate surface area is 208 Å². The molecule has 1 N–H and O–H groups in total. The largest absolute Gasteiger partial charge is 0.332 e. The molecule has 0 aliphatic carbocycles. The molecule has 172 valence electrons. The van der Waals surface area contributed by atoms with E-state index in [0.717, 1.165) is 10.4 Å². The van der Waals surface area contributed by atoms with Gasteiger partial charge < -0.3 is 15.1 Å². The number of thiophene rings is 1. The lowest BCUT2D eigenvalue weighted by molar-refractivity contribution is -0.132. The first-order valence-corrected chi connectivity index (χ1v) is 11.9. The number of halogens is 2. The van der Waals surface area contributed by atoms with E-state index in [0.29, 0.717) is 28.8 Å². The van der Waals surface area contributed by atoms with Crippen molar-refractivity contribution in [1.82, 2.24) is 9.80 Å². The summed E-state index contributed by atoms with van der Waals surface area (Å²) in [4.78, 5) is 31.7. The summed E-state index contributed by atoms with van der Waals surface area (Å²) in [6.07, 6.45) is 1.58. The molecule has 0 atom stereocenters. The number of hydrogen-bond acceptors (Lipinski definition) is 3. The van der Waals surface area contributed by atoms with Gasteiger partial charge in [0.15, 0.2) is 0 Å². The van der Waals surface area contributed by atoms with Gasteiger partial charge in [0.2, 0.25) is 5.91 Å². The van der Waals surface area contributed by atoms with E-state index in [4.69, 9.17) is 23.2 Å². The van der Waals surface area contributed by atoms with E-state index in [2.05, 4.69) is 11.9 Å². The Hall–Kier alpha value is -2.80. The number of carbonyl (C=O) groups excluding carboxylic acids is 2. The molecular formula is C25H25Cl2N3O2S. The monoisotopic (exact) mass is 501 g/mol. The number of nitrogens with zero attached hydrogens (tertiary/aromatic N) is 2. The minimum Gasteiger partial charge on any atom is -0.332 e. The number of aryl methyl sites for hydroxylation is 1. The summed E-state index contributed by atoms with van der Waals surface area (Å²) in [7, 11) is 0. The van der Waals surface area contributed by atoms with Gasteiger partial charge in [-0.2, -0.15) is 0 Å². The summed E-state index contributed by atoms with van der Waals surface area (Å²) >= 11 is 13.8. The standard InChI is InChI=1S/C25H25Cl2N3O2S/c1-3-13-29(25(32)28-23-12-10-20(26)14-22(23)27)17-24(31)30(15-19-7-5-4-6-8-19)16-21-11-9-18(2)33-21/h3-12,14H,1,13,15-17H2,2H3,(H,28,32). The molecule has 0 radical (unpaired) electrons. The van der Waals surface area contributed by atoms with Crippen LogP contribution in [-0.2, 0) is 17.9 Å². The van der Waals surface area contributed by atoms with Gasteiger partial charge in [-0.25, -0.2) is 4.79 Å². The van der Waals surface area contributed by atoms with Crippen molar-refractivity contribution in [3.05, 3.63) is 98.7 Å². The van der Waals surface area contributed by atoms with Gasteiger partial charge >= 0.3 is 6.03 Å². The summed E-state index contributed by atoms with van der Waals surface area (Å²) < 4.78 is 0. The van der Waals surface area contributed by atoms with Crippen molar-refractivity contribution < 1.29 is 9.59 Å². The van der Waals surface area contributed by atoms with Crippen molar-refractivity contribution in [2.24, 2.45) is 0 Å². The van der Waals surface area contributed by atoms with Crippen molar-refractivity contribution in [3.8, 4) is 0 Å². The van der Waals surface area contributed by atoms with Crippen LogP contribution in [0.2, 0.25) is 10.0 Å². The molecule has 0 aliphatic rings. The van der Waals surface area contributed by atoms with Crippen LogP contribution in [0.25, 0.3) is 0 Å². The molecule has 0 unspecified atom stereocenters. The van der Waals surface area contributed by atoms with Gasteiger partial charge in [0.25, 0.3) is 0 Å². The number of hydrogen-bond donors (Lipinski definition) is 1. The van der Waals surface area contributed by atoms with E-state index < -0.39 is 6.03 Å². The lowest BCUT2D eigenvalue weighted by Crippen LogP contribution is -2.44. The van der Waals surface area contributed by atoms with Crippen LogP contribution in [0.5, 0.6) is 0 Å². The Kier molecular flexibility index (Phi) is 8.95. The third-order valence-electron chi connectivity index (χ3n) is 4.85. The molecule has 1 heterocycles. The highest BCUT2D eigenvalue weighted by molar-refractivity contribution is 7.11. The predicted molar refractivity (Wildman–Crippen MR) is 137 cm³/mol. The molecule has 5 nitrogen and oxygen atoms in total. The van der Waals surface area contributed by atoms with Crippen LogP contribution >= 0.6 is 34.5 Å². The molecule has 0 aliphatic heterocycles. The fourth-order valence-electron chi connectivity index (χ4n) is 3.22. The van der Waals surface area contributed by atoms with Crippen molar-refractivity contribution in [3.63, 3.8) is 0 Å². The molecule has 0 saturated heterocycles. The summed E-state index contributed by atoms with van der Waals surface area (Å²) in [6, 6.07) is 18.2. The fraction of sp³-hybridized carbons (Fsp3) is 0.200.